The van der Waals surface area contributed by atoms with E-state index in [1.54, 1.807) is 6.92 Å². The van der Waals surface area contributed by atoms with Crippen LogP contribution in [0.2, 0.25) is 0 Å². The average Bonchev–Trinajstić information content (AvgIpc) is 3.14. The van der Waals surface area contributed by atoms with Gasteiger partial charge in [-0.2, -0.15) is 0 Å². The minimum absolute atomic E-state index is 0.136. The number of likely N-dealkylation sites (tertiary alicyclic amines) is 1. The Morgan fingerprint density at radius 2 is 1.97 bits per heavy atom. The molecule has 164 valence electrons. The van der Waals surface area contributed by atoms with E-state index in [1.807, 2.05) is 36.1 Å². The monoisotopic (exact) mass is 415 g/mol. The van der Waals surface area contributed by atoms with Crippen molar-refractivity contribution >= 4 is 28.5 Å². The van der Waals surface area contributed by atoms with Crippen LogP contribution < -0.4 is 5.32 Å². The van der Waals surface area contributed by atoms with Crippen LogP contribution in [0.3, 0.4) is 0 Å². The lowest BCUT2D eigenvalue weighted by Gasteiger charge is -2.36. The standard InChI is InChI=1S/C23H33N3O4/c1-4-20(27)24-21-18-9-6-7-10-19(18)30-22(21)23(28)26-14-11-17(12-15-26)25(3)13-8-16-29-5-2/h6-7,9-10,17H,4-5,8,11-16H2,1-3H3,(H,24,27). The number of fused-ring (bicyclic) bond motifs is 1. The third-order valence-corrected chi connectivity index (χ3v) is 5.75. The van der Waals surface area contributed by atoms with E-state index in [-0.39, 0.29) is 17.6 Å². The van der Waals surface area contributed by atoms with Crippen molar-refractivity contribution in [1.82, 2.24) is 9.80 Å². The van der Waals surface area contributed by atoms with E-state index in [1.165, 1.54) is 0 Å². The third kappa shape index (κ3) is 5.21. The molecular weight excluding hydrogens is 382 g/mol. The molecule has 1 aliphatic rings. The molecule has 1 aromatic carbocycles. The third-order valence-electron chi connectivity index (χ3n) is 5.75. The number of hydrogen-bond donors (Lipinski definition) is 1. The highest BCUT2D eigenvalue weighted by atomic mass is 16.5. The number of para-hydroxylation sites is 1. The molecule has 2 aromatic rings. The quantitative estimate of drug-likeness (QED) is 0.632. The van der Waals surface area contributed by atoms with E-state index < -0.39 is 0 Å². The maximum atomic E-state index is 13.2. The number of piperidine rings is 1. The number of furan rings is 1. The fraction of sp³-hybridized carbons (Fsp3) is 0.565. The Labute approximate surface area is 178 Å². The number of amides is 2. The molecule has 1 N–H and O–H groups in total. The van der Waals surface area contributed by atoms with E-state index in [2.05, 4.69) is 17.3 Å². The molecule has 1 aromatic heterocycles. The molecule has 1 aliphatic heterocycles. The van der Waals surface area contributed by atoms with Crippen LogP contribution in [0.1, 0.15) is 50.1 Å². The molecule has 1 saturated heterocycles. The molecule has 0 bridgehead atoms. The molecule has 0 aliphatic carbocycles. The maximum Gasteiger partial charge on any atom is 0.291 e. The smallest absolute Gasteiger partial charge is 0.291 e. The van der Waals surface area contributed by atoms with Gasteiger partial charge in [0.2, 0.25) is 11.7 Å². The van der Waals surface area contributed by atoms with E-state index in [4.69, 9.17) is 9.15 Å². The fourth-order valence-electron chi connectivity index (χ4n) is 3.94. The Balaban J connectivity index is 1.66. The highest BCUT2D eigenvalue weighted by molar-refractivity contribution is 6.10. The van der Waals surface area contributed by atoms with E-state index >= 15 is 0 Å². The first kappa shape index (κ1) is 22.3. The zero-order chi connectivity index (χ0) is 21.5. The van der Waals surface area contributed by atoms with Crippen LogP contribution in [0, 0.1) is 0 Å². The highest BCUT2D eigenvalue weighted by Gasteiger charge is 2.30. The zero-order valence-corrected chi connectivity index (χ0v) is 18.3. The Morgan fingerprint density at radius 1 is 1.23 bits per heavy atom. The second kappa shape index (κ2) is 10.6. The van der Waals surface area contributed by atoms with Gasteiger partial charge in [0, 0.05) is 50.7 Å². The fourth-order valence-corrected chi connectivity index (χ4v) is 3.94. The maximum absolute atomic E-state index is 13.2. The van der Waals surface area contributed by atoms with Gasteiger partial charge in [-0.1, -0.05) is 19.1 Å². The van der Waals surface area contributed by atoms with Crippen molar-refractivity contribution in [2.45, 2.75) is 45.6 Å². The number of ether oxygens (including phenoxy) is 1. The molecule has 7 heteroatoms. The lowest BCUT2D eigenvalue weighted by Crippen LogP contribution is -2.46. The van der Waals surface area contributed by atoms with Crippen LogP contribution in [0.25, 0.3) is 11.0 Å². The first-order valence-electron chi connectivity index (χ1n) is 10.9. The summed E-state index contributed by atoms with van der Waals surface area (Å²) in [5, 5.41) is 3.62. The number of hydrogen-bond acceptors (Lipinski definition) is 5. The Kier molecular flexibility index (Phi) is 7.87. The van der Waals surface area contributed by atoms with Gasteiger partial charge < -0.3 is 24.3 Å². The summed E-state index contributed by atoms with van der Waals surface area (Å²) in [6, 6.07) is 7.88. The van der Waals surface area contributed by atoms with Crippen LogP contribution >= 0.6 is 0 Å². The average molecular weight is 416 g/mol. The predicted octanol–water partition coefficient (Wildman–Crippen LogP) is 3.74. The van der Waals surface area contributed by atoms with Crippen LogP contribution in [-0.2, 0) is 9.53 Å². The number of carbonyl (C=O) groups excluding carboxylic acids is 2. The number of carbonyl (C=O) groups is 2. The summed E-state index contributed by atoms with van der Waals surface area (Å²) in [7, 11) is 2.14. The summed E-state index contributed by atoms with van der Waals surface area (Å²) in [5.41, 5.74) is 1.09. The van der Waals surface area contributed by atoms with Gasteiger partial charge >= 0.3 is 0 Å². The minimum atomic E-state index is -0.157. The van der Waals surface area contributed by atoms with Gasteiger partial charge in [0.1, 0.15) is 11.3 Å². The molecule has 0 spiro atoms. The van der Waals surface area contributed by atoms with E-state index in [0.29, 0.717) is 36.8 Å². The largest absolute Gasteiger partial charge is 0.449 e. The second-order valence-corrected chi connectivity index (χ2v) is 7.76. The highest BCUT2D eigenvalue weighted by Crippen LogP contribution is 2.32. The first-order valence-corrected chi connectivity index (χ1v) is 10.9. The molecule has 2 heterocycles. The van der Waals surface area contributed by atoms with Crippen LogP contribution in [0.4, 0.5) is 5.69 Å². The molecule has 0 radical (unpaired) electrons. The summed E-state index contributed by atoms with van der Waals surface area (Å²) in [6.07, 6.45) is 3.21. The van der Waals surface area contributed by atoms with Crippen molar-refractivity contribution in [2.24, 2.45) is 0 Å². The zero-order valence-electron chi connectivity index (χ0n) is 18.3. The van der Waals surface area contributed by atoms with Crippen molar-refractivity contribution in [3.8, 4) is 0 Å². The van der Waals surface area contributed by atoms with Crippen molar-refractivity contribution in [2.75, 3.05) is 45.2 Å². The lowest BCUT2D eigenvalue weighted by atomic mass is 10.0. The Bertz CT molecular complexity index is 855. The molecule has 1 fully saturated rings. The van der Waals surface area contributed by atoms with Crippen molar-refractivity contribution in [3.05, 3.63) is 30.0 Å². The SMILES string of the molecule is CCOCCCN(C)C1CCN(C(=O)c2oc3ccccc3c2NC(=O)CC)CC1. The van der Waals surface area contributed by atoms with Gasteiger partial charge in [0.05, 0.1) is 0 Å². The number of rotatable bonds is 9. The summed E-state index contributed by atoms with van der Waals surface area (Å²) in [5.74, 6) is -0.0699. The number of nitrogens with zero attached hydrogens (tertiary/aromatic N) is 2. The molecule has 2 amide bonds. The van der Waals surface area contributed by atoms with Crippen molar-refractivity contribution < 1.29 is 18.7 Å². The Morgan fingerprint density at radius 3 is 2.67 bits per heavy atom. The van der Waals surface area contributed by atoms with Crippen molar-refractivity contribution in [1.29, 1.82) is 0 Å². The first-order chi connectivity index (χ1) is 14.5. The van der Waals surface area contributed by atoms with Gasteiger partial charge in [0.25, 0.3) is 5.91 Å². The van der Waals surface area contributed by atoms with Gasteiger partial charge in [-0.25, -0.2) is 0 Å². The molecule has 0 saturated carbocycles. The van der Waals surface area contributed by atoms with E-state index in [9.17, 15) is 9.59 Å². The van der Waals surface area contributed by atoms with Crippen LogP contribution in [0.5, 0.6) is 0 Å². The van der Waals surface area contributed by atoms with Gasteiger partial charge in [-0.3, -0.25) is 9.59 Å². The van der Waals surface area contributed by atoms with E-state index in [0.717, 1.165) is 44.4 Å². The molecule has 3 rings (SSSR count). The van der Waals surface area contributed by atoms with Crippen LogP contribution in [0.15, 0.2) is 28.7 Å². The van der Waals surface area contributed by atoms with Gasteiger partial charge in [-0.15, -0.1) is 0 Å². The summed E-state index contributed by atoms with van der Waals surface area (Å²) in [4.78, 5) is 29.5. The molecule has 7 nitrogen and oxygen atoms in total. The number of anilines is 1. The van der Waals surface area contributed by atoms with Crippen molar-refractivity contribution in [3.63, 3.8) is 0 Å². The summed E-state index contributed by atoms with van der Waals surface area (Å²) in [6.45, 7) is 7.69. The van der Waals surface area contributed by atoms with Crippen LogP contribution in [-0.4, -0.2) is 67.6 Å². The van der Waals surface area contributed by atoms with Gasteiger partial charge in [-0.05, 0) is 45.4 Å². The summed E-state index contributed by atoms with van der Waals surface area (Å²) < 4.78 is 11.3. The minimum Gasteiger partial charge on any atom is -0.449 e. The topological polar surface area (TPSA) is 75.0 Å². The molecule has 0 unspecified atom stereocenters. The predicted molar refractivity (Wildman–Crippen MR) is 118 cm³/mol. The molecule has 0 atom stereocenters. The summed E-state index contributed by atoms with van der Waals surface area (Å²) >= 11 is 0. The molecular formula is C23H33N3O4. The number of benzene rings is 1. The molecule has 30 heavy (non-hydrogen) atoms. The lowest BCUT2D eigenvalue weighted by molar-refractivity contribution is -0.115. The normalized spacial score (nSPS) is 15.1. The Hall–Kier alpha value is -2.38. The second-order valence-electron chi connectivity index (χ2n) is 7.76. The van der Waals surface area contributed by atoms with Gasteiger partial charge in [0.15, 0.2) is 0 Å². The number of nitrogens with one attached hydrogen (secondary N) is 1.